The normalized spacial score (nSPS) is 16.5. The number of aliphatic hydroxyl groups is 1. The first kappa shape index (κ1) is 23.4. The SMILES string of the molecule is Cc1nc(NC2CCCC2)sc1-c1ccnc(Nc2ccc(N3CCN(C(=O)CO)CC3)cn2)n1. The molecule has 4 heterocycles. The zero-order valence-electron chi connectivity index (χ0n) is 19.8. The van der Waals surface area contributed by atoms with Gasteiger partial charge in [-0.3, -0.25) is 4.79 Å². The van der Waals surface area contributed by atoms with Gasteiger partial charge in [-0.2, -0.15) is 0 Å². The third-order valence-electron chi connectivity index (χ3n) is 6.49. The number of pyridine rings is 1. The van der Waals surface area contributed by atoms with Gasteiger partial charge < -0.3 is 25.5 Å². The number of carbonyl (C=O) groups is 1. The highest BCUT2D eigenvalue weighted by Crippen LogP contribution is 2.33. The number of anilines is 4. The molecule has 2 aliphatic rings. The maximum atomic E-state index is 11.7. The molecule has 1 amide bonds. The van der Waals surface area contributed by atoms with Crippen molar-refractivity contribution in [3.05, 3.63) is 36.3 Å². The molecule has 1 aliphatic heterocycles. The molecule has 3 N–H and O–H groups in total. The molecule has 0 bridgehead atoms. The van der Waals surface area contributed by atoms with E-state index < -0.39 is 6.61 Å². The average Bonchev–Trinajstić information content (AvgIpc) is 3.54. The number of hydrogen-bond donors (Lipinski definition) is 3. The smallest absolute Gasteiger partial charge is 0.248 e. The predicted molar refractivity (Wildman–Crippen MR) is 137 cm³/mol. The molecule has 0 spiro atoms. The number of aryl methyl sites for hydroxylation is 1. The highest BCUT2D eigenvalue weighted by molar-refractivity contribution is 7.19. The highest BCUT2D eigenvalue weighted by atomic mass is 32.1. The zero-order chi connectivity index (χ0) is 24.2. The maximum absolute atomic E-state index is 11.7. The third kappa shape index (κ3) is 5.51. The topological polar surface area (TPSA) is 119 Å². The number of piperazine rings is 1. The Morgan fingerprint density at radius 2 is 1.91 bits per heavy atom. The summed E-state index contributed by atoms with van der Waals surface area (Å²) in [6.07, 6.45) is 8.54. The molecule has 184 valence electrons. The van der Waals surface area contributed by atoms with E-state index in [2.05, 4.69) is 25.5 Å². The summed E-state index contributed by atoms with van der Waals surface area (Å²) in [6, 6.07) is 6.33. The van der Waals surface area contributed by atoms with Crippen LogP contribution in [0, 0.1) is 6.92 Å². The van der Waals surface area contributed by atoms with Crippen molar-refractivity contribution in [1.82, 2.24) is 24.8 Å². The monoisotopic (exact) mass is 494 g/mol. The molecule has 0 unspecified atom stereocenters. The van der Waals surface area contributed by atoms with Crippen LogP contribution in [0.5, 0.6) is 0 Å². The van der Waals surface area contributed by atoms with Crippen molar-refractivity contribution in [2.75, 3.05) is 48.3 Å². The van der Waals surface area contributed by atoms with Crippen molar-refractivity contribution in [2.24, 2.45) is 0 Å². The minimum absolute atomic E-state index is 0.223. The van der Waals surface area contributed by atoms with Crippen LogP contribution in [0.4, 0.5) is 22.6 Å². The first-order valence-corrected chi connectivity index (χ1v) is 12.8. The second-order valence-electron chi connectivity index (χ2n) is 8.88. The van der Waals surface area contributed by atoms with E-state index in [0.717, 1.165) is 27.1 Å². The molecular weight excluding hydrogens is 464 g/mol. The van der Waals surface area contributed by atoms with E-state index in [1.165, 1.54) is 25.7 Å². The van der Waals surface area contributed by atoms with Gasteiger partial charge in [-0.15, -0.1) is 0 Å². The number of hydrogen-bond acceptors (Lipinski definition) is 10. The maximum Gasteiger partial charge on any atom is 0.248 e. The zero-order valence-corrected chi connectivity index (χ0v) is 20.6. The summed E-state index contributed by atoms with van der Waals surface area (Å²) in [5.41, 5.74) is 2.79. The molecular formula is C24H30N8O2S. The van der Waals surface area contributed by atoms with E-state index in [4.69, 9.17) is 15.1 Å². The molecule has 1 saturated carbocycles. The van der Waals surface area contributed by atoms with Gasteiger partial charge in [0.1, 0.15) is 12.4 Å². The molecule has 2 fully saturated rings. The number of carbonyl (C=O) groups excluding carboxylic acids is 1. The van der Waals surface area contributed by atoms with Gasteiger partial charge in [0.15, 0.2) is 5.13 Å². The van der Waals surface area contributed by atoms with Gasteiger partial charge in [0, 0.05) is 38.4 Å². The van der Waals surface area contributed by atoms with E-state index in [0.29, 0.717) is 44.0 Å². The first-order valence-electron chi connectivity index (χ1n) is 12.0. The lowest BCUT2D eigenvalue weighted by Gasteiger charge is -2.35. The summed E-state index contributed by atoms with van der Waals surface area (Å²) < 4.78 is 0. The van der Waals surface area contributed by atoms with Gasteiger partial charge in [0.2, 0.25) is 11.9 Å². The second kappa shape index (κ2) is 10.5. The molecule has 3 aromatic rings. The fourth-order valence-electron chi connectivity index (χ4n) is 4.56. The summed E-state index contributed by atoms with van der Waals surface area (Å²) in [6.45, 7) is 4.17. The minimum Gasteiger partial charge on any atom is -0.387 e. The van der Waals surface area contributed by atoms with Crippen LogP contribution in [0.15, 0.2) is 30.6 Å². The van der Waals surface area contributed by atoms with Crippen LogP contribution < -0.4 is 15.5 Å². The standard InChI is InChI=1S/C24H30N8O2S/c1-16-22(35-24(27-16)28-17-4-2-3-5-17)19-8-9-25-23(29-19)30-20-7-6-18(14-26-20)31-10-12-32(13-11-31)21(34)15-33/h6-9,14,17,33H,2-5,10-13,15H2,1H3,(H,27,28)(H,25,26,29,30). The van der Waals surface area contributed by atoms with E-state index in [1.54, 1.807) is 22.4 Å². The van der Waals surface area contributed by atoms with Crippen molar-refractivity contribution in [3.63, 3.8) is 0 Å². The Balaban J connectivity index is 1.22. The van der Waals surface area contributed by atoms with Crippen LogP contribution in [0.1, 0.15) is 31.4 Å². The van der Waals surface area contributed by atoms with E-state index in [1.807, 2.05) is 31.3 Å². The van der Waals surface area contributed by atoms with Crippen molar-refractivity contribution in [2.45, 2.75) is 38.6 Å². The van der Waals surface area contributed by atoms with Crippen LogP contribution in [0.25, 0.3) is 10.6 Å². The second-order valence-corrected chi connectivity index (χ2v) is 9.88. The lowest BCUT2D eigenvalue weighted by molar-refractivity contribution is -0.134. The van der Waals surface area contributed by atoms with Crippen LogP contribution in [-0.4, -0.2) is 74.7 Å². The van der Waals surface area contributed by atoms with Crippen molar-refractivity contribution in [3.8, 4) is 10.6 Å². The number of aliphatic hydroxyl groups excluding tert-OH is 1. The molecule has 35 heavy (non-hydrogen) atoms. The Morgan fingerprint density at radius 1 is 1.11 bits per heavy atom. The molecule has 3 aromatic heterocycles. The van der Waals surface area contributed by atoms with Crippen LogP contribution in [-0.2, 0) is 4.79 Å². The van der Waals surface area contributed by atoms with Gasteiger partial charge in [0.25, 0.3) is 0 Å². The van der Waals surface area contributed by atoms with Crippen molar-refractivity contribution < 1.29 is 9.90 Å². The number of amides is 1. The number of aromatic nitrogens is 4. The van der Waals surface area contributed by atoms with E-state index in [-0.39, 0.29) is 5.91 Å². The first-order chi connectivity index (χ1) is 17.1. The average molecular weight is 495 g/mol. The highest BCUT2D eigenvalue weighted by Gasteiger charge is 2.21. The quantitative estimate of drug-likeness (QED) is 0.455. The van der Waals surface area contributed by atoms with E-state index >= 15 is 0 Å². The molecule has 5 rings (SSSR count). The molecule has 10 nitrogen and oxygen atoms in total. The number of thiazole rings is 1. The molecule has 11 heteroatoms. The molecule has 0 atom stereocenters. The molecule has 1 saturated heterocycles. The number of nitrogens with zero attached hydrogens (tertiary/aromatic N) is 6. The number of rotatable bonds is 7. The van der Waals surface area contributed by atoms with Gasteiger partial charge >= 0.3 is 0 Å². The Hall–Kier alpha value is -3.31. The Labute approximate surface area is 208 Å². The van der Waals surface area contributed by atoms with Crippen LogP contribution >= 0.6 is 11.3 Å². The summed E-state index contributed by atoms with van der Waals surface area (Å²) in [5, 5.41) is 16.8. The minimum atomic E-state index is -0.438. The fraction of sp³-hybridized carbons (Fsp3) is 0.458. The van der Waals surface area contributed by atoms with Gasteiger partial charge in [-0.25, -0.2) is 19.9 Å². The van der Waals surface area contributed by atoms with Crippen LogP contribution in [0.3, 0.4) is 0 Å². The third-order valence-corrected chi connectivity index (χ3v) is 7.60. The summed E-state index contributed by atoms with van der Waals surface area (Å²) in [5.74, 6) is 0.918. The van der Waals surface area contributed by atoms with E-state index in [9.17, 15) is 4.79 Å². The van der Waals surface area contributed by atoms with Gasteiger partial charge in [-0.1, -0.05) is 24.2 Å². The Bertz CT molecular complexity index is 1150. The number of nitrogens with one attached hydrogen (secondary N) is 2. The lowest BCUT2D eigenvalue weighted by Crippen LogP contribution is -2.49. The predicted octanol–water partition coefficient (Wildman–Crippen LogP) is 3.04. The largest absolute Gasteiger partial charge is 0.387 e. The molecule has 0 aromatic carbocycles. The summed E-state index contributed by atoms with van der Waals surface area (Å²) >= 11 is 1.64. The Morgan fingerprint density at radius 3 is 2.63 bits per heavy atom. The Kier molecular flexibility index (Phi) is 7.05. The van der Waals surface area contributed by atoms with Crippen molar-refractivity contribution >= 4 is 39.8 Å². The molecule has 0 radical (unpaired) electrons. The van der Waals surface area contributed by atoms with Gasteiger partial charge in [0.05, 0.1) is 28.1 Å². The fourth-order valence-corrected chi connectivity index (χ4v) is 5.57. The van der Waals surface area contributed by atoms with Crippen molar-refractivity contribution in [1.29, 1.82) is 0 Å². The summed E-state index contributed by atoms with van der Waals surface area (Å²) in [4.78, 5) is 34.9. The lowest BCUT2D eigenvalue weighted by atomic mass is 10.2. The van der Waals surface area contributed by atoms with Gasteiger partial charge in [-0.05, 0) is 38.0 Å². The summed E-state index contributed by atoms with van der Waals surface area (Å²) in [7, 11) is 0. The molecule has 1 aliphatic carbocycles. The van der Waals surface area contributed by atoms with Crippen LogP contribution in [0.2, 0.25) is 0 Å².